The molecule has 0 radical (unpaired) electrons. The molecule has 0 saturated carbocycles. The van der Waals surface area contributed by atoms with Crippen molar-refractivity contribution in [1.82, 2.24) is 14.8 Å². The summed E-state index contributed by atoms with van der Waals surface area (Å²) in [6.45, 7) is 3.38. The first-order valence-corrected chi connectivity index (χ1v) is 8.91. The van der Waals surface area contributed by atoms with Gasteiger partial charge in [-0.05, 0) is 38.3 Å². The summed E-state index contributed by atoms with van der Waals surface area (Å²) in [5.74, 6) is -2.03. The smallest absolute Gasteiger partial charge is 0.189 e. The molecule has 27 heavy (non-hydrogen) atoms. The van der Waals surface area contributed by atoms with Crippen molar-refractivity contribution in [1.29, 1.82) is 5.26 Å². The molecule has 0 bridgehead atoms. The van der Waals surface area contributed by atoms with Gasteiger partial charge >= 0.3 is 0 Å². The number of nitrogens with zero attached hydrogens (tertiary/aromatic N) is 4. The van der Waals surface area contributed by atoms with Crippen molar-refractivity contribution in [2.24, 2.45) is 0 Å². The van der Waals surface area contributed by atoms with Gasteiger partial charge in [0.15, 0.2) is 18.0 Å². The third kappa shape index (κ3) is 4.56. The van der Waals surface area contributed by atoms with E-state index in [-0.39, 0.29) is 12.0 Å². The highest BCUT2D eigenvalue weighted by Crippen LogP contribution is 2.21. The van der Waals surface area contributed by atoms with Crippen molar-refractivity contribution in [2.45, 2.75) is 44.9 Å². The van der Waals surface area contributed by atoms with Crippen molar-refractivity contribution < 1.29 is 18.7 Å². The summed E-state index contributed by atoms with van der Waals surface area (Å²) in [5, 5.41) is 13.6. The molecule has 3 rings (SSSR count). The van der Waals surface area contributed by atoms with Crippen LogP contribution in [0.25, 0.3) is 0 Å². The lowest BCUT2D eigenvalue weighted by Crippen LogP contribution is -2.24. The Bertz CT molecular complexity index is 822. The van der Waals surface area contributed by atoms with Crippen LogP contribution in [0.15, 0.2) is 24.5 Å². The molecule has 7 nitrogen and oxygen atoms in total. The third-order valence-electron chi connectivity index (χ3n) is 4.55. The number of rotatable bonds is 7. The number of nitriles is 1. The van der Waals surface area contributed by atoms with Crippen LogP contribution in [0.1, 0.15) is 46.9 Å². The van der Waals surface area contributed by atoms with E-state index in [2.05, 4.69) is 10.1 Å². The summed E-state index contributed by atoms with van der Waals surface area (Å²) in [6.07, 6.45) is 5.31. The number of carbonyl (C=O) groups is 1. The predicted molar refractivity (Wildman–Crippen MR) is 93.4 cm³/mol. The van der Waals surface area contributed by atoms with Crippen LogP contribution in [-0.2, 0) is 16.0 Å². The van der Waals surface area contributed by atoms with Crippen molar-refractivity contribution in [3.05, 3.63) is 47.3 Å². The predicted octanol–water partition coefficient (Wildman–Crippen LogP) is 2.76. The molecule has 142 valence electrons. The maximum atomic E-state index is 13.0. The molecule has 8 heteroatoms. The minimum atomic E-state index is -1.10. The van der Waals surface area contributed by atoms with E-state index in [0.29, 0.717) is 24.4 Å². The Hall–Kier alpha value is -2.63. The summed E-state index contributed by atoms with van der Waals surface area (Å²) < 4.78 is 25.9. The summed E-state index contributed by atoms with van der Waals surface area (Å²) in [7, 11) is 0. The zero-order chi connectivity index (χ0) is 19.2. The Morgan fingerprint density at radius 3 is 3.00 bits per heavy atom. The van der Waals surface area contributed by atoms with E-state index in [1.165, 1.54) is 18.3 Å². The van der Waals surface area contributed by atoms with Gasteiger partial charge in [0.25, 0.3) is 0 Å². The Morgan fingerprint density at radius 2 is 2.33 bits per heavy atom. The fourth-order valence-electron chi connectivity index (χ4n) is 3.00. The second-order valence-electron chi connectivity index (χ2n) is 6.36. The number of aromatic nitrogens is 3. The Labute approximate surface area is 156 Å². The maximum Gasteiger partial charge on any atom is 0.189 e. The molecular weight excluding hydrogens is 351 g/mol. The number of hydrogen-bond acceptors (Lipinski definition) is 6. The van der Waals surface area contributed by atoms with E-state index < -0.39 is 17.5 Å². The Morgan fingerprint density at radius 1 is 1.48 bits per heavy atom. The molecule has 1 aliphatic rings. The summed E-state index contributed by atoms with van der Waals surface area (Å²) >= 11 is 0. The van der Waals surface area contributed by atoms with Gasteiger partial charge in [-0.15, -0.1) is 0 Å². The molecule has 3 heterocycles. The van der Waals surface area contributed by atoms with E-state index in [1.54, 1.807) is 11.6 Å². The fourth-order valence-corrected chi connectivity index (χ4v) is 3.00. The van der Waals surface area contributed by atoms with Gasteiger partial charge in [0, 0.05) is 12.3 Å². The molecule has 1 aliphatic heterocycles. The van der Waals surface area contributed by atoms with Crippen molar-refractivity contribution >= 4 is 5.78 Å². The lowest BCUT2D eigenvalue weighted by Gasteiger charge is -2.22. The van der Waals surface area contributed by atoms with Gasteiger partial charge in [-0.2, -0.15) is 10.4 Å². The van der Waals surface area contributed by atoms with Crippen LogP contribution in [0.3, 0.4) is 0 Å². The van der Waals surface area contributed by atoms with Gasteiger partial charge in [-0.1, -0.05) is 0 Å². The van der Waals surface area contributed by atoms with Crippen LogP contribution in [0.4, 0.5) is 4.39 Å². The molecule has 0 amide bonds. The topological polar surface area (TPSA) is 90.0 Å². The first-order valence-electron chi connectivity index (χ1n) is 8.91. The number of halogens is 1. The Kier molecular flexibility index (Phi) is 6.27. The zero-order valence-corrected chi connectivity index (χ0v) is 15.1. The molecular formula is C19H21FN4O3. The highest BCUT2D eigenvalue weighted by Gasteiger charge is 2.26. The fraction of sp³-hybridized carbons (Fsp3) is 0.474. The number of carbonyl (C=O) groups excluding carboxylic acids is 1. The summed E-state index contributed by atoms with van der Waals surface area (Å²) in [5.41, 5.74) is 1.21. The van der Waals surface area contributed by atoms with Gasteiger partial charge in [0.1, 0.15) is 5.82 Å². The van der Waals surface area contributed by atoms with Crippen molar-refractivity contribution in [3.8, 4) is 6.07 Å². The van der Waals surface area contributed by atoms with Crippen molar-refractivity contribution in [2.75, 3.05) is 13.2 Å². The molecule has 2 atom stereocenters. The first-order chi connectivity index (χ1) is 13.1. The number of pyridine rings is 1. The third-order valence-corrected chi connectivity index (χ3v) is 4.55. The van der Waals surface area contributed by atoms with E-state index in [4.69, 9.17) is 9.47 Å². The molecule has 0 aromatic carbocycles. The molecule has 0 aliphatic carbocycles. The summed E-state index contributed by atoms with van der Waals surface area (Å²) in [6, 6.07) is 4.47. The molecule has 0 N–H and O–H groups in total. The van der Waals surface area contributed by atoms with Crippen molar-refractivity contribution in [3.63, 3.8) is 0 Å². The standard InChI is InChI=1S/C19H21FN4O3/c1-13-16(19(25)15(10-21)17-6-5-14(20)11-22-17)12-23-24(13)7-9-27-18-4-2-3-8-26-18/h5-6,11-12,15,18H,2-4,7-9H2,1H3. The Balaban J connectivity index is 1.65. The number of ketones is 1. The molecule has 2 aromatic rings. The van der Waals surface area contributed by atoms with Crippen LogP contribution in [0, 0.1) is 24.1 Å². The second-order valence-corrected chi connectivity index (χ2v) is 6.36. The highest BCUT2D eigenvalue weighted by molar-refractivity contribution is 6.03. The molecule has 1 saturated heterocycles. The van der Waals surface area contributed by atoms with Gasteiger partial charge < -0.3 is 9.47 Å². The monoisotopic (exact) mass is 372 g/mol. The van der Waals surface area contributed by atoms with Crippen LogP contribution in [0.2, 0.25) is 0 Å². The minimum Gasteiger partial charge on any atom is -0.353 e. The quantitative estimate of drug-likeness (QED) is 0.694. The van der Waals surface area contributed by atoms with Crippen LogP contribution >= 0.6 is 0 Å². The van der Waals surface area contributed by atoms with Gasteiger partial charge in [-0.25, -0.2) is 4.39 Å². The number of hydrogen-bond donors (Lipinski definition) is 0. The van der Waals surface area contributed by atoms with Crippen LogP contribution in [0.5, 0.6) is 0 Å². The SMILES string of the molecule is Cc1c(C(=O)C(C#N)c2ccc(F)cn2)cnn1CCOC1CCCCO1. The van der Waals surface area contributed by atoms with E-state index in [1.807, 2.05) is 6.07 Å². The van der Waals surface area contributed by atoms with Gasteiger partial charge in [0.05, 0.1) is 42.9 Å². The molecule has 2 aromatic heterocycles. The highest BCUT2D eigenvalue weighted by atomic mass is 19.1. The average Bonchev–Trinajstić information content (AvgIpc) is 3.05. The number of Topliss-reactive ketones (excluding diaryl/α,β-unsaturated/α-hetero) is 1. The lowest BCUT2D eigenvalue weighted by atomic mass is 9.96. The largest absolute Gasteiger partial charge is 0.353 e. The maximum absolute atomic E-state index is 13.0. The van der Waals surface area contributed by atoms with Crippen LogP contribution in [-0.4, -0.2) is 40.1 Å². The summed E-state index contributed by atoms with van der Waals surface area (Å²) in [4.78, 5) is 16.6. The minimum absolute atomic E-state index is 0.178. The lowest BCUT2D eigenvalue weighted by molar-refractivity contribution is -0.163. The molecule has 1 fully saturated rings. The normalized spacial score (nSPS) is 18.0. The number of ether oxygens (including phenoxy) is 2. The molecule has 2 unspecified atom stereocenters. The van der Waals surface area contributed by atoms with E-state index >= 15 is 0 Å². The van der Waals surface area contributed by atoms with E-state index in [0.717, 1.165) is 32.1 Å². The van der Waals surface area contributed by atoms with E-state index in [9.17, 15) is 14.4 Å². The second kappa shape index (κ2) is 8.84. The average molecular weight is 372 g/mol. The zero-order valence-electron chi connectivity index (χ0n) is 15.1. The molecule has 0 spiro atoms. The van der Waals surface area contributed by atoms with Crippen LogP contribution < -0.4 is 0 Å². The van der Waals surface area contributed by atoms with Gasteiger partial charge in [-0.3, -0.25) is 14.5 Å². The van der Waals surface area contributed by atoms with Gasteiger partial charge in [0.2, 0.25) is 0 Å². The first kappa shape index (κ1) is 19.1.